The molecule has 0 bridgehead atoms. The Morgan fingerprint density at radius 1 is 1.00 bits per heavy atom. The van der Waals surface area contributed by atoms with Crippen LogP contribution in [0.5, 0.6) is 0 Å². The molecule has 1 heteroatoms. The van der Waals surface area contributed by atoms with Gasteiger partial charge in [-0.05, 0) is 37.5 Å². The summed E-state index contributed by atoms with van der Waals surface area (Å²) in [6.45, 7) is 0. The molecule has 1 N–H and O–H groups in total. The highest BCUT2D eigenvalue weighted by Gasteiger charge is 2.71. The summed E-state index contributed by atoms with van der Waals surface area (Å²) in [4.78, 5) is 0. The summed E-state index contributed by atoms with van der Waals surface area (Å²) in [5.41, 5.74) is 1.08. The largest absolute Gasteiger partial charge is 0.393 e. The van der Waals surface area contributed by atoms with Gasteiger partial charge >= 0.3 is 0 Å². The van der Waals surface area contributed by atoms with E-state index in [0.29, 0.717) is 10.8 Å². The van der Waals surface area contributed by atoms with Crippen LogP contribution in [0.15, 0.2) is 0 Å². The van der Waals surface area contributed by atoms with Crippen LogP contribution in [0.4, 0.5) is 0 Å². The molecule has 0 aliphatic heterocycles. The molecule has 0 heterocycles. The fraction of sp³-hybridized carbons (Fsp3) is 1.00. The number of rotatable bonds is 0. The molecule has 0 aromatic rings. The number of hydrogen-bond acceptors (Lipinski definition) is 1. The van der Waals surface area contributed by atoms with Crippen molar-refractivity contribution >= 4 is 0 Å². The maximum Gasteiger partial charge on any atom is 0.0602 e. The molecule has 3 fully saturated rings. The van der Waals surface area contributed by atoms with Gasteiger partial charge in [0.15, 0.2) is 0 Å². The van der Waals surface area contributed by atoms with E-state index >= 15 is 0 Å². The highest BCUT2D eigenvalue weighted by molar-refractivity contribution is 5.20. The molecule has 0 aromatic heterocycles. The maximum absolute atomic E-state index is 9.95. The Hall–Kier alpha value is -0.0400. The minimum Gasteiger partial charge on any atom is -0.393 e. The van der Waals surface area contributed by atoms with Crippen LogP contribution >= 0.6 is 0 Å². The number of aliphatic hydroxyl groups excluding tert-OH is 1. The lowest BCUT2D eigenvalue weighted by molar-refractivity contribution is 0.0918. The minimum absolute atomic E-state index is 0.0654. The summed E-state index contributed by atoms with van der Waals surface area (Å²) in [5.74, 6) is 0. The molecular weight excluding hydrogens is 148 g/mol. The number of fused-ring (bicyclic) bond motifs is 1. The van der Waals surface area contributed by atoms with Crippen molar-refractivity contribution in [3.8, 4) is 0 Å². The van der Waals surface area contributed by atoms with Crippen LogP contribution < -0.4 is 0 Å². The lowest BCUT2D eigenvalue weighted by Crippen LogP contribution is -2.21. The van der Waals surface area contributed by atoms with Gasteiger partial charge in [-0.15, -0.1) is 0 Å². The SMILES string of the molecule is O[C@H]1CCC[C@@]12CC21CCCC1. The van der Waals surface area contributed by atoms with Crippen molar-refractivity contribution in [1.82, 2.24) is 0 Å². The smallest absolute Gasteiger partial charge is 0.0602 e. The summed E-state index contributed by atoms with van der Waals surface area (Å²) in [5, 5.41) is 9.95. The first kappa shape index (κ1) is 7.37. The lowest BCUT2D eigenvalue weighted by Gasteiger charge is -2.20. The molecule has 2 spiro atoms. The van der Waals surface area contributed by atoms with Gasteiger partial charge in [0.2, 0.25) is 0 Å². The average Bonchev–Trinajstić information content (AvgIpc) is 2.44. The van der Waals surface area contributed by atoms with Crippen molar-refractivity contribution in [3.63, 3.8) is 0 Å². The van der Waals surface area contributed by atoms with Crippen LogP contribution in [0.3, 0.4) is 0 Å². The highest BCUT2D eigenvalue weighted by atomic mass is 16.3. The van der Waals surface area contributed by atoms with Crippen molar-refractivity contribution in [1.29, 1.82) is 0 Å². The molecule has 3 aliphatic rings. The van der Waals surface area contributed by atoms with E-state index in [2.05, 4.69) is 0 Å². The van der Waals surface area contributed by atoms with Crippen LogP contribution in [0, 0.1) is 10.8 Å². The molecule has 3 saturated carbocycles. The Morgan fingerprint density at radius 2 is 1.75 bits per heavy atom. The van der Waals surface area contributed by atoms with Gasteiger partial charge in [0.25, 0.3) is 0 Å². The van der Waals surface area contributed by atoms with Crippen molar-refractivity contribution in [2.75, 3.05) is 0 Å². The van der Waals surface area contributed by atoms with Crippen molar-refractivity contribution in [3.05, 3.63) is 0 Å². The lowest BCUT2D eigenvalue weighted by atomic mass is 9.88. The average molecular weight is 166 g/mol. The van der Waals surface area contributed by atoms with Gasteiger partial charge in [-0.25, -0.2) is 0 Å². The van der Waals surface area contributed by atoms with E-state index in [1.54, 1.807) is 0 Å². The molecule has 68 valence electrons. The van der Waals surface area contributed by atoms with Gasteiger partial charge in [0, 0.05) is 5.41 Å². The zero-order valence-corrected chi connectivity index (χ0v) is 7.68. The third-order valence-corrected chi connectivity index (χ3v) is 4.88. The molecule has 0 amide bonds. The Morgan fingerprint density at radius 3 is 2.33 bits per heavy atom. The first-order valence-corrected chi connectivity index (χ1v) is 5.47. The second-order valence-electron chi connectivity index (χ2n) is 5.23. The van der Waals surface area contributed by atoms with Crippen molar-refractivity contribution in [2.45, 2.75) is 57.5 Å². The molecule has 0 radical (unpaired) electrons. The van der Waals surface area contributed by atoms with Gasteiger partial charge in [0.05, 0.1) is 6.10 Å². The molecule has 3 rings (SSSR count). The van der Waals surface area contributed by atoms with Crippen LogP contribution in [-0.2, 0) is 0 Å². The molecule has 2 atom stereocenters. The number of aliphatic hydroxyl groups is 1. The zero-order valence-electron chi connectivity index (χ0n) is 7.68. The summed E-state index contributed by atoms with van der Waals surface area (Å²) < 4.78 is 0. The molecule has 0 aromatic carbocycles. The second kappa shape index (κ2) is 2.06. The minimum atomic E-state index is 0.0654. The summed E-state index contributed by atoms with van der Waals surface area (Å²) in [6.07, 6.45) is 10.8. The third-order valence-electron chi connectivity index (χ3n) is 4.88. The van der Waals surface area contributed by atoms with Gasteiger partial charge in [-0.2, -0.15) is 0 Å². The Kier molecular flexibility index (Phi) is 1.27. The normalized spacial score (nSPS) is 49.2. The Balaban J connectivity index is 1.87. The van der Waals surface area contributed by atoms with E-state index in [-0.39, 0.29) is 6.10 Å². The van der Waals surface area contributed by atoms with Crippen molar-refractivity contribution < 1.29 is 5.11 Å². The molecule has 12 heavy (non-hydrogen) atoms. The Bertz CT molecular complexity index is 205. The quantitative estimate of drug-likeness (QED) is 0.586. The van der Waals surface area contributed by atoms with Crippen molar-refractivity contribution in [2.24, 2.45) is 10.8 Å². The summed E-state index contributed by atoms with van der Waals surface area (Å²) in [6, 6.07) is 0. The monoisotopic (exact) mass is 166 g/mol. The van der Waals surface area contributed by atoms with E-state index in [9.17, 15) is 5.11 Å². The van der Waals surface area contributed by atoms with E-state index in [1.165, 1.54) is 44.9 Å². The van der Waals surface area contributed by atoms with Crippen LogP contribution in [0.2, 0.25) is 0 Å². The summed E-state index contributed by atoms with van der Waals surface area (Å²) in [7, 11) is 0. The molecule has 0 unspecified atom stereocenters. The van der Waals surface area contributed by atoms with Gasteiger partial charge < -0.3 is 5.11 Å². The molecule has 1 nitrogen and oxygen atoms in total. The van der Waals surface area contributed by atoms with Crippen LogP contribution in [-0.4, -0.2) is 11.2 Å². The molecule has 3 aliphatic carbocycles. The predicted octanol–water partition coefficient (Wildman–Crippen LogP) is 2.48. The van der Waals surface area contributed by atoms with Gasteiger partial charge in [-0.1, -0.05) is 19.3 Å². The van der Waals surface area contributed by atoms with E-state index in [0.717, 1.165) is 6.42 Å². The van der Waals surface area contributed by atoms with Gasteiger partial charge in [-0.3, -0.25) is 0 Å². The maximum atomic E-state index is 9.95. The topological polar surface area (TPSA) is 20.2 Å². The van der Waals surface area contributed by atoms with Gasteiger partial charge in [0.1, 0.15) is 0 Å². The van der Waals surface area contributed by atoms with E-state index in [4.69, 9.17) is 0 Å². The first-order chi connectivity index (χ1) is 5.79. The molecule has 0 saturated heterocycles. The third kappa shape index (κ3) is 0.654. The van der Waals surface area contributed by atoms with Crippen LogP contribution in [0.25, 0.3) is 0 Å². The predicted molar refractivity (Wildman–Crippen MR) is 47.8 cm³/mol. The standard InChI is InChI=1S/C11H18O/c12-9-4-3-7-11(9)8-10(11)5-1-2-6-10/h9,12H,1-8H2/t9-,11+/m0/s1. The fourth-order valence-electron chi connectivity index (χ4n) is 4.16. The van der Waals surface area contributed by atoms with E-state index in [1.807, 2.05) is 0 Å². The first-order valence-electron chi connectivity index (χ1n) is 5.47. The fourth-order valence-corrected chi connectivity index (χ4v) is 4.16. The number of hydrogen-bond donors (Lipinski definition) is 1. The molecular formula is C11H18O. The zero-order chi connectivity index (χ0) is 8.23. The highest BCUT2D eigenvalue weighted by Crippen LogP contribution is 2.77. The van der Waals surface area contributed by atoms with E-state index < -0.39 is 0 Å². The Labute approximate surface area is 74.2 Å². The van der Waals surface area contributed by atoms with Crippen LogP contribution in [0.1, 0.15) is 51.4 Å². The summed E-state index contributed by atoms with van der Waals surface area (Å²) >= 11 is 0. The second-order valence-corrected chi connectivity index (χ2v) is 5.23.